The summed E-state index contributed by atoms with van der Waals surface area (Å²) in [5.74, 6) is 1.13. The highest BCUT2D eigenvalue weighted by atomic mass is 31.2. The molecule has 0 saturated carbocycles. The zero-order valence-corrected chi connectivity index (χ0v) is 23.6. The molecule has 0 spiro atoms. The van der Waals surface area contributed by atoms with Crippen LogP contribution in [-0.4, -0.2) is 24.0 Å². The second-order valence-electron chi connectivity index (χ2n) is 9.99. The Labute approximate surface area is 239 Å². The molecule has 0 atom stereocenters. The third kappa shape index (κ3) is 5.12. The van der Waals surface area contributed by atoms with Gasteiger partial charge in [0.15, 0.2) is 0 Å². The highest BCUT2D eigenvalue weighted by Gasteiger charge is 2.36. The van der Waals surface area contributed by atoms with Crippen LogP contribution in [-0.2, 0) is 4.57 Å². The molecule has 0 saturated heterocycles. The Morgan fingerprint density at radius 3 is 1.73 bits per heavy atom. The predicted octanol–water partition coefficient (Wildman–Crippen LogP) is 7.50. The molecule has 0 bridgehead atoms. The fourth-order valence-corrected chi connectivity index (χ4v) is 6.56. The molecule has 0 aromatic heterocycles. The average molecular weight is 561 g/mol. The van der Waals surface area contributed by atoms with Crippen LogP contribution in [0, 0.1) is 0 Å². The van der Waals surface area contributed by atoms with Gasteiger partial charge < -0.3 is 19.3 Å². The molecule has 0 amide bonds. The minimum absolute atomic E-state index is 0.0578. The Balaban J connectivity index is 1.44. The number of rotatable bonds is 7. The first kappa shape index (κ1) is 26.8. The number of fused-ring (bicyclic) bond motifs is 3. The van der Waals surface area contributed by atoms with Crippen LogP contribution in [0.25, 0.3) is 34.4 Å². The number of benzene rings is 5. The van der Waals surface area contributed by atoms with Gasteiger partial charge in [0.2, 0.25) is 0 Å². The lowest BCUT2D eigenvalue weighted by Crippen LogP contribution is -2.17. The van der Waals surface area contributed by atoms with Gasteiger partial charge in [0.25, 0.3) is 0 Å². The van der Waals surface area contributed by atoms with Crippen LogP contribution in [0.2, 0.25) is 0 Å². The third-order valence-corrected chi connectivity index (χ3v) is 8.60. The summed E-state index contributed by atoms with van der Waals surface area (Å²) in [6.07, 6.45) is 4.00. The van der Waals surface area contributed by atoms with Gasteiger partial charge in [-0.2, -0.15) is 0 Å². The van der Waals surface area contributed by atoms with Crippen LogP contribution in [0.3, 0.4) is 0 Å². The van der Waals surface area contributed by atoms with Gasteiger partial charge in [-0.05, 0) is 68.3 Å². The van der Waals surface area contributed by atoms with Crippen molar-refractivity contribution in [1.82, 2.24) is 0 Å². The van der Waals surface area contributed by atoms with Gasteiger partial charge in [0.05, 0.1) is 19.5 Å². The minimum Gasteiger partial charge on any atom is -0.497 e. The highest BCUT2D eigenvalue weighted by molar-refractivity contribution is 7.60. The molecule has 2 N–H and O–H groups in total. The maximum atomic E-state index is 12.9. The minimum atomic E-state index is -4.58. The van der Waals surface area contributed by atoms with E-state index in [-0.39, 0.29) is 11.2 Å². The lowest BCUT2D eigenvalue weighted by atomic mass is 9.84. The van der Waals surface area contributed by atoms with E-state index >= 15 is 0 Å². The van der Waals surface area contributed by atoms with Gasteiger partial charge in [-0.25, -0.2) is 0 Å². The summed E-state index contributed by atoms with van der Waals surface area (Å²) < 4.78 is 23.6. The fraction of sp³-hybridized carbons (Fsp3) is 0.0857. The van der Waals surface area contributed by atoms with Gasteiger partial charge in [-0.1, -0.05) is 97.1 Å². The van der Waals surface area contributed by atoms with Gasteiger partial charge in [-0.15, -0.1) is 0 Å². The van der Waals surface area contributed by atoms with E-state index in [9.17, 15) is 14.4 Å². The highest BCUT2D eigenvalue weighted by Crippen LogP contribution is 2.51. The summed E-state index contributed by atoms with van der Waals surface area (Å²) in [4.78, 5) is 21.0. The van der Waals surface area contributed by atoms with Crippen molar-refractivity contribution in [1.29, 1.82) is 0 Å². The molecule has 1 aliphatic carbocycles. The van der Waals surface area contributed by atoms with E-state index in [4.69, 9.17) is 9.47 Å². The molecule has 0 aliphatic heterocycles. The standard InChI is InChI=1S/C35H29O5P/c1-39-26-20-24(21-27(22-26)40-2)15-14-23-16-18-25(19-17-23)28-12-7-13-33(41(36,37)38)35(28)34-31-10-5-3-8-29(31)30-9-4-6-11-32(30)34/h3-22,34H,1-2H3,(H2,36,37,38)/b15-14+. The molecule has 5 nitrogen and oxygen atoms in total. The summed E-state index contributed by atoms with van der Waals surface area (Å²) in [7, 11) is -1.33. The molecule has 204 valence electrons. The van der Waals surface area contributed by atoms with E-state index in [0.717, 1.165) is 44.5 Å². The van der Waals surface area contributed by atoms with Crippen molar-refractivity contribution in [2.24, 2.45) is 0 Å². The lowest BCUT2D eigenvalue weighted by molar-refractivity contribution is 0.387. The van der Waals surface area contributed by atoms with Gasteiger partial charge in [0, 0.05) is 12.0 Å². The van der Waals surface area contributed by atoms with Crippen LogP contribution < -0.4 is 14.8 Å². The molecular weight excluding hydrogens is 531 g/mol. The zero-order valence-electron chi connectivity index (χ0n) is 22.7. The van der Waals surface area contributed by atoms with Crippen molar-refractivity contribution in [2.45, 2.75) is 5.92 Å². The Hall–Kier alpha value is -4.41. The first-order chi connectivity index (χ1) is 19.9. The first-order valence-electron chi connectivity index (χ1n) is 13.3. The third-order valence-electron chi connectivity index (χ3n) is 7.58. The van der Waals surface area contributed by atoms with Crippen LogP contribution in [0.15, 0.2) is 109 Å². The Morgan fingerprint density at radius 2 is 1.17 bits per heavy atom. The van der Waals surface area contributed by atoms with Crippen molar-refractivity contribution >= 4 is 25.1 Å². The van der Waals surface area contributed by atoms with E-state index in [1.54, 1.807) is 26.4 Å². The molecule has 6 heteroatoms. The van der Waals surface area contributed by atoms with Crippen LogP contribution >= 0.6 is 7.60 Å². The molecule has 41 heavy (non-hydrogen) atoms. The summed E-state index contributed by atoms with van der Waals surface area (Å²) in [6.45, 7) is 0. The van der Waals surface area contributed by atoms with E-state index in [1.807, 2.05) is 84.9 Å². The van der Waals surface area contributed by atoms with E-state index in [2.05, 4.69) is 24.3 Å². The van der Waals surface area contributed by atoms with Crippen molar-refractivity contribution in [3.8, 4) is 33.8 Å². The van der Waals surface area contributed by atoms with Crippen LogP contribution in [0.1, 0.15) is 33.7 Å². The first-order valence-corrected chi connectivity index (χ1v) is 14.9. The maximum Gasteiger partial charge on any atom is 0.356 e. The molecular formula is C35H29O5P. The summed E-state index contributed by atoms with van der Waals surface area (Å²) in [6, 6.07) is 35.2. The summed E-state index contributed by atoms with van der Waals surface area (Å²) in [5, 5.41) is 0.0578. The van der Waals surface area contributed by atoms with E-state index in [0.29, 0.717) is 17.1 Å². The second-order valence-corrected chi connectivity index (χ2v) is 11.6. The van der Waals surface area contributed by atoms with Gasteiger partial charge >= 0.3 is 7.60 Å². The molecule has 5 aromatic carbocycles. The summed E-state index contributed by atoms with van der Waals surface area (Å²) >= 11 is 0. The Kier molecular flexibility index (Phi) is 7.10. The van der Waals surface area contributed by atoms with Crippen molar-refractivity contribution in [2.75, 3.05) is 14.2 Å². The molecule has 0 heterocycles. The zero-order chi connectivity index (χ0) is 28.6. The number of hydrogen-bond donors (Lipinski definition) is 2. The molecule has 6 rings (SSSR count). The number of ether oxygens (including phenoxy) is 2. The van der Waals surface area contributed by atoms with Crippen LogP contribution in [0.5, 0.6) is 11.5 Å². The van der Waals surface area contributed by atoms with E-state index < -0.39 is 7.60 Å². The van der Waals surface area contributed by atoms with Crippen molar-refractivity contribution in [3.05, 3.63) is 137 Å². The van der Waals surface area contributed by atoms with E-state index in [1.165, 1.54) is 0 Å². The quantitative estimate of drug-likeness (QED) is 0.156. The molecule has 0 unspecified atom stereocenters. The van der Waals surface area contributed by atoms with Gasteiger partial charge in [0.1, 0.15) is 11.5 Å². The monoisotopic (exact) mass is 560 g/mol. The topological polar surface area (TPSA) is 76.0 Å². The number of hydrogen-bond acceptors (Lipinski definition) is 3. The van der Waals surface area contributed by atoms with Crippen molar-refractivity contribution in [3.63, 3.8) is 0 Å². The molecule has 5 aromatic rings. The smallest absolute Gasteiger partial charge is 0.356 e. The van der Waals surface area contributed by atoms with Crippen LogP contribution in [0.4, 0.5) is 0 Å². The van der Waals surface area contributed by atoms with Crippen molar-refractivity contribution < 1.29 is 23.8 Å². The summed E-state index contributed by atoms with van der Waals surface area (Å²) in [5.41, 5.74) is 8.54. The Morgan fingerprint density at radius 1 is 0.634 bits per heavy atom. The molecule has 0 radical (unpaired) electrons. The largest absolute Gasteiger partial charge is 0.497 e. The predicted molar refractivity (Wildman–Crippen MR) is 165 cm³/mol. The fourth-order valence-electron chi connectivity index (χ4n) is 5.72. The van der Waals surface area contributed by atoms with Gasteiger partial charge in [-0.3, -0.25) is 4.57 Å². The second kappa shape index (κ2) is 10.9. The SMILES string of the molecule is COc1cc(/C=C/c2ccc(-c3cccc(P(=O)(O)O)c3C3c4ccccc4-c4ccccc43)cc2)cc(OC)c1. The number of methoxy groups -OCH3 is 2. The molecule has 0 fully saturated rings. The average Bonchev–Trinajstić information content (AvgIpc) is 3.33. The maximum absolute atomic E-state index is 12.9. The lowest BCUT2D eigenvalue weighted by Gasteiger charge is -2.23. The molecule has 1 aliphatic rings. The Bertz CT molecular complexity index is 1750. The normalized spacial score (nSPS) is 12.8.